The molecule has 2 rings (SSSR count). The van der Waals surface area contributed by atoms with Gasteiger partial charge in [0.05, 0.1) is 11.6 Å². The lowest BCUT2D eigenvalue weighted by molar-refractivity contribution is -0.139. The first kappa shape index (κ1) is 17.1. The summed E-state index contributed by atoms with van der Waals surface area (Å²) in [4.78, 5) is 10.7. The summed E-state index contributed by atoms with van der Waals surface area (Å²) in [5.74, 6) is -0.682. The summed E-state index contributed by atoms with van der Waals surface area (Å²) in [6.45, 7) is -0.453. The first-order valence-corrected chi connectivity index (χ1v) is 7.68. The van der Waals surface area contributed by atoms with Crippen molar-refractivity contribution in [2.45, 2.75) is 0 Å². The van der Waals surface area contributed by atoms with Crippen LogP contribution in [0.25, 0.3) is 11.6 Å². The molecule has 0 atom stereocenters. The Morgan fingerprint density at radius 1 is 1.30 bits per heavy atom. The maximum absolute atomic E-state index is 10.7. The molecule has 0 amide bonds. The smallest absolute Gasteiger partial charge is 0.341 e. The van der Waals surface area contributed by atoms with Crippen LogP contribution in [-0.2, 0) is 4.79 Å². The van der Waals surface area contributed by atoms with Crippen LogP contribution in [0.15, 0.2) is 46.9 Å². The van der Waals surface area contributed by atoms with E-state index in [-0.39, 0.29) is 0 Å². The van der Waals surface area contributed by atoms with Gasteiger partial charge in [-0.2, -0.15) is 5.26 Å². The number of carboxylic acid groups (broad SMARTS) is 1. The van der Waals surface area contributed by atoms with Gasteiger partial charge in [0.15, 0.2) is 6.61 Å². The zero-order valence-electron chi connectivity index (χ0n) is 11.8. The number of rotatable bonds is 5. The summed E-state index contributed by atoms with van der Waals surface area (Å²) in [6, 6.07) is 14.2. The predicted molar refractivity (Wildman–Crippen MR) is 92.2 cm³/mol. The number of hydrogen-bond acceptors (Lipinski definition) is 3. The van der Waals surface area contributed by atoms with Gasteiger partial charge in [-0.25, -0.2) is 4.79 Å². The molecule has 0 unspecified atom stereocenters. The van der Waals surface area contributed by atoms with Crippen molar-refractivity contribution in [2.75, 3.05) is 6.61 Å². The summed E-state index contributed by atoms with van der Waals surface area (Å²) in [7, 11) is 0. The highest BCUT2D eigenvalue weighted by molar-refractivity contribution is 9.10. The molecule has 2 aromatic carbocycles. The van der Waals surface area contributed by atoms with Crippen LogP contribution in [0, 0.1) is 11.3 Å². The second kappa shape index (κ2) is 7.82. The van der Waals surface area contributed by atoms with Crippen LogP contribution >= 0.6 is 27.5 Å². The molecule has 0 bridgehead atoms. The van der Waals surface area contributed by atoms with Crippen LogP contribution in [0.1, 0.15) is 11.1 Å². The van der Waals surface area contributed by atoms with E-state index < -0.39 is 12.6 Å². The summed E-state index contributed by atoms with van der Waals surface area (Å²) in [6.07, 6.45) is 1.64. The van der Waals surface area contributed by atoms with Crippen LogP contribution in [0.3, 0.4) is 0 Å². The standard InChI is InChI=1S/C17H11BrClNO3/c18-14-3-6-16(23-10-17(21)22)12(8-14)7-13(9-20)11-1-4-15(19)5-2-11/h1-8H,10H2,(H,21,22). The van der Waals surface area contributed by atoms with Crippen LogP contribution in [0.4, 0.5) is 0 Å². The minimum Gasteiger partial charge on any atom is -0.481 e. The Kier molecular flexibility index (Phi) is 5.80. The second-order valence-corrected chi connectivity index (χ2v) is 5.89. The maximum Gasteiger partial charge on any atom is 0.341 e. The topological polar surface area (TPSA) is 70.3 Å². The van der Waals surface area contributed by atoms with E-state index in [1.807, 2.05) is 0 Å². The number of carbonyl (C=O) groups is 1. The second-order valence-electron chi connectivity index (χ2n) is 4.54. The quantitative estimate of drug-likeness (QED) is 0.595. The molecule has 1 N–H and O–H groups in total. The Balaban J connectivity index is 2.42. The van der Waals surface area contributed by atoms with Crippen LogP contribution < -0.4 is 4.74 Å². The normalized spacial score (nSPS) is 10.9. The zero-order valence-corrected chi connectivity index (χ0v) is 14.1. The molecule has 0 aliphatic rings. The SMILES string of the molecule is N#CC(=Cc1cc(Br)ccc1OCC(=O)O)c1ccc(Cl)cc1. The Bertz CT molecular complexity index is 794. The number of nitriles is 1. The number of aliphatic carboxylic acids is 1. The van der Waals surface area contributed by atoms with Gasteiger partial charge >= 0.3 is 5.97 Å². The summed E-state index contributed by atoms with van der Waals surface area (Å²) >= 11 is 9.20. The molecule has 0 spiro atoms. The van der Waals surface area contributed by atoms with Gasteiger partial charge in [0.1, 0.15) is 5.75 Å². The minimum atomic E-state index is -1.07. The molecule has 23 heavy (non-hydrogen) atoms. The third-order valence-electron chi connectivity index (χ3n) is 2.90. The van der Waals surface area contributed by atoms with E-state index in [0.717, 1.165) is 4.47 Å². The van der Waals surface area contributed by atoms with E-state index in [0.29, 0.717) is 27.5 Å². The van der Waals surface area contributed by atoms with Gasteiger partial charge in [0.2, 0.25) is 0 Å². The van der Waals surface area contributed by atoms with Crippen LogP contribution in [-0.4, -0.2) is 17.7 Å². The van der Waals surface area contributed by atoms with Crippen molar-refractivity contribution in [3.8, 4) is 11.8 Å². The van der Waals surface area contributed by atoms with Gasteiger partial charge in [-0.15, -0.1) is 0 Å². The van der Waals surface area contributed by atoms with Crippen molar-refractivity contribution in [2.24, 2.45) is 0 Å². The highest BCUT2D eigenvalue weighted by atomic mass is 79.9. The number of nitrogens with zero attached hydrogens (tertiary/aromatic N) is 1. The fraction of sp³-hybridized carbons (Fsp3) is 0.0588. The Hall–Kier alpha value is -2.29. The third kappa shape index (κ3) is 4.85. The van der Waals surface area contributed by atoms with Gasteiger partial charge in [0.25, 0.3) is 0 Å². The van der Waals surface area contributed by atoms with E-state index in [9.17, 15) is 10.1 Å². The molecule has 0 aliphatic heterocycles. The Morgan fingerprint density at radius 2 is 2.00 bits per heavy atom. The number of carboxylic acids is 1. The first-order valence-electron chi connectivity index (χ1n) is 6.51. The van der Waals surface area contributed by atoms with Gasteiger partial charge in [0, 0.05) is 15.1 Å². The molecule has 116 valence electrons. The Morgan fingerprint density at radius 3 is 2.61 bits per heavy atom. The molecule has 0 radical (unpaired) electrons. The lowest BCUT2D eigenvalue weighted by atomic mass is 10.0. The number of benzene rings is 2. The monoisotopic (exact) mass is 391 g/mol. The molecule has 0 fully saturated rings. The molecule has 0 saturated carbocycles. The van der Waals surface area contributed by atoms with Gasteiger partial charge in [-0.3, -0.25) is 0 Å². The molecular weight excluding hydrogens is 382 g/mol. The first-order chi connectivity index (χ1) is 11.0. The van der Waals surface area contributed by atoms with E-state index in [1.54, 1.807) is 48.5 Å². The predicted octanol–water partition coefficient (Wildman–Crippen LogP) is 4.63. The molecule has 6 heteroatoms. The van der Waals surface area contributed by atoms with E-state index in [1.165, 1.54) is 0 Å². The fourth-order valence-electron chi connectivity index (χ4n) is 1.87. The molecule has 0 heterocycles. The minimum absolute atomic E-state index is 0.386. The average Bonchev–Trinajstić information content (AvgIpc) is 2.52. The van der Waals surface area contributed by atoms with Crippen molar-refractivity contribution in [1.29, 1.82) is 5.26 Å². The summed E-state index contributed by atoms with van der Waals surface area (Å²) in [5.41, 5.74) is 1.73. The molecule has 2 aromatic rings. The molecule has 0 aromatic heterocycles. The third-order valence-corrected chi connectivity index (χ3v) is 3.64. The lowest BCUT2D eigenvalue weighted by Gasteiger charge is -2.08. The molecule has 0 aliphatic carbocycles. The largest absolute Gasteiger partial charge is 0.481 e. The highest BCUT2D eigenvalue weighted by Crippen LogP contribution is 2.28. The van der Waals surface area contributed by atoms with Crippen molar-refractivity contribution in [3.05, 3.63) is 63.1 Å². The van der Waals surface area contributed by atoms with Gasteiger partial charge in [-0.05, 0) is 42.0 Å². The number of halogens is 2. The highest BCUT2D eigenvalue weighted by Gasteiger charge is 2.08. The Labute approximate surface area is 146 Å². The van der Waals surface area contributed by atoms with Crippen LogP contribution in [0.2, 0.25) is 5.02 Å². The van der Waals surface area contributed by atoms with Crippen molar-refractivity contribution >= 4 is 45.1 Å². The maximum atomic E-state index is 10.7. The molecular formula is C17H11BrClNO3. The van der Waals surface area contributed by atoms with Gasteiger partial charge in [-0.1, -0.05) is 39.7 Å². The summed E-state index contributed by atoms with van der Waals surface area (Å²) in [5, 5.41) is 18.7. The number of ether oxygens (including phenoxy) is 1. The van der Waals surface area contributed by atoms with E-state index in [4.69, 9.17) is 21.4 Å². The fourth-order valence-corrected chi connectivity index (χ4v) is 2.37. The van der Waals surface area contributed by atoms with E-state index >= 15 is 0 Å². The van der Waals surface area contributed by atoms with Crippen molar-refractivity contribution < 1.29 is 14.6 Å². The molecule has 4 nitrogen and oxygen atoms in total. The van der Waals surface area contributed by atoms with Crippen LogP contribution in [0.5, 0.6) is 5.75 Å². The van der Waals surface area contributed by atoms with Crippen molar-refractivity contribution in [3.63, 3.8) is 0 Å². The van der Waals surface area contributed by atoms with E-state index in [2.05, 4.69) is 22.0 Å². The zero-order chi connectivity index (χ0) is 16.8. The number of hydrogen-bond donors (Lipinski definition) is 1. The lowest BCUT2D eigenvalue weighted by Crippen LogP contribution is -2.10. The molecule has 0 saturated heterocycles. The van der Waals surface area contributed by atoms with Crippen molar-refractivity contribution in [1.82, 2.24) is 0 Å². The van der Waals surface area contributed by atoms with Gasteiger partial charge < -0.3 is 9.84 Å². The average molecular weight is 393 g/mol. The summed E-state index contributed by atoms with van der Waals surface area (Å²) < 4.78 is 6.05. The number of allylic oxidation sites excluding steroid dienone is 1.